The Bertz CT molecular complexity index is 1850. The molecule has 0 radical (unpaired) electrons. The Morgan fingerprint density at radius 3 is 2.35 bits per heavy atom. The first-order valence-electron chi connectivity index (χ1n) is 12.7. The highest BCUT2D eigenvalue weighted by molar-refractivity contribution is 6.21. The Kier molecular flexibility index (Phi) is 4.79. The third-order valence-electron chi connectivity index (χ3n) is 7.62. The van der Waals surface area contributed by atoms with E-state index in [0.29, 0.717) is 0 Å². The number of rotatable bonds is 3. The maximum absolute atomic E-state index is 5.32. The molecule has 5 aromatic rings. The maximum Gasteiger partial charge on any atom is 0.0775 e. The van der Waals surface area contributed by atoms with Gasteiger partial charge in [0.15, 0.2) is 0 Å². The molecule has 1 aliphatic carbocycles. The van der Waals surface area contributed by atoms with Gasteiger partial charge in [0.25, 0.3) is 0 Å². The summed E-state index contributed by atoms with van der Waals surface area (Å²) in [7, 11) is 0. The number of nitrogens with zero attached hydrogens (tertiary/aromatic N) is 2. The Balaban J connectivity index is 1.45. The van der Waals surface area contributed by atoms with Crippen LogP contribution in [0.4, 0.5) is 5.69 Å². The second-order valence-corrected chi connectivity index (χ2v) is 10.2. The summed E-state index contributed by atoms with van der Waals surface area (Å²) in [6, 6.07) is 32.6. The summed E-state index contributed by atoms with van der Waals surface area (Å²) in [5, 5.41) is 2.46. The zero-order chi connectivity index (χ0) is 25.0. The zero-order valence-corrected chi connectivity index (χ0v) is 20.9. The second-order valence-electron chi connectivity index (χ2n) is 10.2. The van der Waals surface area contributed by atoms with Crippen LogP contribution in [0.2, 0.25) is 0 Å². The van der Waals surface area contributed by atoms with Gasteiger partial charge in [-0.05, 0) is 58.7 Å². The van der Waals surface area contributed by atoms with E-state index in [1.54, 1.807) is 0 Å². The number of benzene rings is 4. The first-order valence-corrected chi connectivity index (χ1v) is 12.7. The predicted octanol–water partition coefficient (Wildman–Crippen LogP) is 8.86. The van der Waals surface area contributed by atoms with Gasteiger partial charge >= 0.3 is 0 Å². The lowest BCUT2D eigenvalue weighted by molar-refractivity contribution is 0.738. The lowest BCUT2D eigenvalue weighted by Gasteiger charge is -2.22. The lowest BCUT2D eigenvalue weighted by atomic mass is 9.78. The molecule has 37 heavy (non-hydrogen) atoms. The SMILES string of the molecule is CC1(C)C(c2ccccc2)=Nc2c1ccc1c2c2ccccc2n1-c1ccc(C2=CC=CC=C=C2)cc1. The molecular weight excluding hydrogens is 448 g/mol. The van der Waals surface area contributed by atoms with Crippen molar-refractivity contribution in [1.29, 1.82) is 0 Å². The van der Waals surface area contributed by atoms with Gasteiger partial charge in [0, 0.05) is 21.9 Å². The molecule has 0 atom stereocenters. The second kappa shape index (κ2) is 8.20. The summed E-state index contributed by atoms with van der Waals surface area (Å²) in [6.07, 6.45) is 10.1. The van der Waals surface area contributed by atoms with Gasteiger partial charge in [-0.25, -0.2) is 0 Å². The van der Waals surface area contributed by atoms with Crippen molar-refractivity contribution in [1.82, 2.24) is 4.57 Å². The van der Waals surface area contributed by atoms with Crippen LogP contribution in [0.1, 0.15) is 30.5 Å². The monoisotopic (exact) mass is 474 g/mol. The highest BCUT2D eigenvalue weighted by atomic mass is 15.0. The molecule has 0 saturated heterocycles. The molecule has 2 nitrogen and oxygen atoms in total. The fourth-order valence-corrected chi connectivity index (χ4v) is 5.78. The third kappa shape index (κ3) is 3.31. The van der Waals surface area contributed by atoms with Gasteiger partial charge in [-0.2, -0.15) is 0 Å². The molecule has 2 heteroatoms. The van der Waals surface area contributed by atoms with Crippen molar-refractivity contribution in [3.05, 3.63) is 144 Å². The van der Waals surface area contributed by atoms with E-state index in [-0.39, 0.29) is 5.41 Å². The maximum atomic E-state index is 5.32. The Morgan fingerprint density at radius 2 is 1.51 bits per heavy atom. The fourth-order valence-electron chi connectivity index (χ4n) is 5.78. The van der Waals surface area contributed by atoms with Crippen LogP contribution >= 0.6 is 0 Å². The number of allylic oxidation sites excluding steroid dienone is 5. The van der Waals surface area contributed by atoms with Gasteiger partial charge in [0.05, 0.1) is 22.4 Å². The van der Waals surface area contributed by atoms with E-state index >= 15 is 0 Å². The van der Waals surface area contributed by atoms with Crippen LogP contribution in [-0.2, 0) is 5.41 Å². The van der Waals surface area contributed by atoms with Gasteiger partial charge in [-0.15, -0.1) is 5.73 Å². The van der Waals surface area contributed by atoms with E-state index in [2.05, 4.69) is 127 Å². The third-order valence-corrected chi connectivity index (χ3v) is 7.62. The van der Waals surface area contributed by atoms with Crippen LogP contribution in [0.5, 0.6) is 0 Å². The molecule has 0 bridgehead atoms. The summed E-state index contributed by atoms with van der Waals surface area (Å²) in [5.74, 6) is 0. The number of para-hydroxylation sites is 1. The molecule has 0 amide bonds. The molecule has 0 fully saturated rings. The van der Waals surface area contributed by atoms with E-state index in [1.807, 2.05) is 18.2 Å². The topological polar surface area (TPSA) is 17.3 Å². The van der Waals surface area contributed by atoms with Crippen LogP contribution < -0.4 is 0 Å². The van der Waals surface area contributed by atoms with Crippen molar-refractivity contribution in [2.24, 2.45) is 4.99 Å². The zero-order valence-electron chi connectivity index (χ0n) is 20.9. The predicted molar refractivity (Wildman–Crippen MR) is 156 cm³/mol. The summed E-state index contributed by atoms with van der Waals surface area (Å²) in [6.45, 7) is 4.57. The van der Waals surface area contributed by atoms with Crippen LogP contribution in [0.3, 0.4) is 0 Å². The molecule has 2 heterocycles. The highest BCUT2D eigenvalue weighted by Crippen LogP contribution is 2.48. The Morgan fingerprint density at radius 1 is 0.730 bits per heavy atom. The Labute approximate surface area is 216 Å². The minimum atomic E-state index is -0.168. The van der Waals surface area contributed by atoms with Crippen molar-refractivity contribution in [2.75, 3.05) is 0 Å². The van der Waals surface area contributed by atoms with Gasteiger partial charge in [0.2, 0.25) is 0 Å². The summed E-state index contributed by atoms with van der Waals surface area (Å²) in [5.41, 5.74) is 13.6. The summed E-state index contributed by atoms with van der Waals surface area (Å²) >= 11 is 0. The summed E-state index contributed by atoms with van der Waals surface area (Å²) < 4.78 is 2.37. The molecule has 0 spiro atoms. The van der Waals surface area contributed by atoms with Crippen LogP contribution in [-0.4, -0.2) is 10.3 Å². The molecule has 0 saturated carbocycles. The van der Waals surface area contributed by atoms with E-state index in [0.717, 1.165) is 22.7 Å². The first-order chi connectivity index (χ1) is 18.1. The quantitative estimate of drug-likeness (QED) is 0.232. The Hall–Kier alpha value is -4.65. The van der Waals surface area contributed by atoms with E-state index in [9.17, 15) is 0 Å². The number of fused-ring (bicyclic) bond motifs is 5. The average molecular weight is 475 g/mol. The number of hydrogen-bond acceptors (Lipinski definition) is 1. The minimum Gasteiger partial charge on any atom is -0.309 e. The van der Waals surface area contributed by atoms with Crippen molar-refractivity contribution in [2.45, 2.75) is 19.3 Å². The molecular formula is C35H26N2. The largest absolute Gasteiger partial charge is 0.309 e. The lowest BCUT2D eigenvalue weighted by Crippen LogP contribution is -2.26. The van der Waals surface area contributed by atoms with Crippen molar-refractivity contribution in [3.63, 3.8) is 0 Å². The molecule has 2 aliphatic rings. The molecule has 4 aromatic carbocycles. The van der Waals surface area contributed by atoms with E-state index in [4.69, 9.17) is 4.99 Å². The number of aliphatic imine (C=N–C) groups is 1. The fraction of sp³-hybridized carbons (Fsp3) is 0.0857. The molecule has 1 aliphatic heterocycles. The van der Waals surface area contributed by atoms with E-state index in [1.165, 1.54) is 38.5 Å². The normalized spacial score (nSPS) is 15.6. The van der Waals surface area contributed by atoms with Crippen LogP contribution in [0, 0.1) is 0 Å². The average Bonchev–Trinajstić information content (AvgIpc) is 3.24. The number of aromatic nitrogens is 1. The van der Waals surface area contributed by atoms with Crippen molar-refractivity contribution >= 4 is 38.8 Å². The molecule has 1 aromatic heterocycles. The molecule has 0 N–H and O–H groups in total. The minimum absolute atomic E-state index is 0.168. The van der Waals surface area contributed by atoms with Gasteiger partial charge < -0.3 is 4.57 Å². The van der Waals surface area contributed by atoms with Crippen LogP contribution in [0.25, 0.3) is 33.1 Å². The molecule has 176 valence electrons. The van der Waals surface area contributed by atoms with Crippen LogP contribution in [0.15, 0.2) is 132 Å². The standard InChI is InChI=1S/C35H26N2/c1-35(2)29-22-23-31-32(33(29)36-34(35)26-14-8-5-9-15-26)28-16-10-11-17-30(28)37(31)27-20-18-25(19-21-27)24-12-6-3-4-7-13-24/h3-6,8-23H,1-2H3. The van der Waals surface area contributed by atoms with Crippen molar-refractivity contribution < 1.29 is 0 Å². The highest BCUT2D eigenvalue weighted by Gasteiger charge is 2.37. The number of hydrogen-bond donors (Lipinski definition) is 0. The first kappa shape index (κ1) is 21.6. The summed E-state index contributed by atoms with van der Waals surface area (Å²) in [4.78, 5) is 5.32. The van der Waals surface area contributed by atoms with Gasteiger partial charge in [-0.3, -0.25) is 4.99 Å². The van der Waals surface area contributed by atoms with Gasteiger partial charge in [0.1, 0.15) is 0 Å². The van der Waals surface area contributed by atoms with Gasteiger partial charge in [-0.1, -0.05) is 98.8 Å². The molecule has 0 unspecified atom stereocenters. The molecule has 7 rings (SSSR count). The smallest absolute Gasteiger partial charge is 0.0775 e. The van der Waals surface area contributed by atoms with Crippen molar-refractivity contribution in [3.8, 4) is 5.69 Å². The van der Waals surface area contributed by atoms with E-state index < -0.39 is 0 Å².